The Hall–Kier alpha value is 0.610. The predicted octanol–water partition coefficient (Wildman–Crippen LogP) is 0.636. The minimum Gasteiger partial charge on any atom is -0.184 e. The zero-order valence-corrected chi connectivity index (χ0v) is 4.95. The molecule has 2 nitrogen and oxygen atoms in total. The Kier molecular flexibility index (Phi) is 1.54. The van der Waals surface area contributed by atoms with Crippen molar-refractivity contribution in [2.45, 2.75) is 0 Å². The van der Waals surface area contributed by atoms with Crippen molar-refractivity contribution in [1.29, 1.82) is 0 Å². The van der Waals surface area contributed by atoms with Gasteiger partial charge in [-0.15, -0.1) is 0 Å². The molecule has 0 radical (unpaired) electrons. The van der Waals surface area contributed by atoms with E-state index in [1.54, 1.807) is 0 Å². The van der Waals surface area contributed by atoms with Gasteiger partial charge in [0.15, 0.2) is 0 Å². The first-order valence-corrected chi connectivity index (χ1v) is 4.57. The van der Waals surface area contributed by atoms with Crippen molar-refractivity contribution >= 4 is 28.6 Å². The fourth-order valence-corrected chi connectivity index (χ4v) is 0. The van der Waals surface area contributed by atoms with Gasteiger partial charge < -0.3 is 0 Å². The molecule has 32 valence electrons. The molecular formula is FIO2S. The van der Waals surface area contributed by atoms with Crippen molar-refractivity contribution in [1.82, 2.24) is 0 Å². The van der Waals surface area contributed by atoms with Crippen LogP contribution in [0, 0.1) is 0 Å². The van der Waals surface area contributed by atoms with Crippen molar-refractivity contribution in [3.63, 3.8) is 0 Å². The van der Waals surface area contributed by atoms with Crippen LogP contribution in [0.1, 0.15) is 0 Å². The van der Waals surface area contributed by atoms with Crippen LogP contribution < -0.4 is 0 Å². The summed E-state index contributed by atoms with van der Waals surface area (Å²) in [5.74, 6) is 0. The van der Waals surface area contributed by atoms with Crippen molar-refractivity contribution in [2.24, 2.45) is 0 Å². The number of halogens is 2. The summed E-state index contributed by atoms with van der Waals surface area (Å²) in [6.45, 7) is 0. The maximum absolute atomic E-state index is 10.6. The largest absolute Gasteiger partial charge is 0.356 e. The summed E-state index contributed by atoms with van der Waals surface area (Å²) in [5, 5.41) is 0. The second-order valence-corrected chi connectivity index (χ2v) is 4.29. The third-order valence-corrected chi connectivity index (χ3v) is 0. The predicted molar refractivity (Wildman–Crippen MR) is 24.0 cm³/mol. The molecule has 0 aliphatic rings. The monoisotopic (exact) mass is 210 g/mol. The van der Waals surface area contributed by atoms with E-state index in [1.165, 1.54) is 0 Å². The average molecular weight is 210 g/mol. The van der Waals surface area contributed by atoms with Crippen LogP contribution in [0.4, 0.5) is 3.89 Å². The third-order valence-electron chi connectivity index (χ3n) is 0. The Balaban J connectivity index is 4.06. The minimum atomic E-state index is -4.20. The summed E-state index contributed by atoms with van der Waals surface area (Å²) in [6, 6.07) is 0. The van der Waals surface area contributed by atoms with Gasteiger partial charge in [-0.2, -0.15) is 8.42 Å². The molecule has 5 heteroatoms. The first-order chi connectivity index (χ1) is 2.00. The van der Waals surface area contributed by atoms with Crippen molar-refractivity contribution in [2.75, 3.05) is 0 Å². The standard InChI is InChI=1S/FIO2S/c1-5(2,3)4. The molecule has 5 heavy (non-hydrogen) atoms. The summed E-state index contributed by atoms with van der Waals surface area (Å²) in [5.41, 5.74) is 0. The zero-order valence-electron chi connectivity index (χ0n) is 1.98. The third kappa shape index (κ3) is 84.4. The lowest BCUT2D eigenvalue weighted by Crippen LogP contribution is -1.64. The van der Waals surface area contributed by atoms with E-state index in [0.717, 1.165) is 0 Å². The van der Waals surface area contributed by atoms with Gasteiger partial charge in [0, 0.05) is 0 Å². The molecule has 0 aliphatic heterocycles. The van der Waals surface area contributed by atoms with E-state index in [4.69, 9.17) is 8.42 Å². The Bertz CT molecular complexity index is 92.8. The molecular weight excluding hydrogens is 210 g/mol. The molecule has 0 saturated carbocycles. The zero-order chi connectivity index (χ0) is 4.50. The van der Waals surface area contributed by atoms with E-state index < -0.39 is 7.39 Å². The van der Waals surface area contributed by atoms with Crippen LogP contribution in [-0.4, -0.2) is 8.42 Å². The molecule has 0 rings (SSSR count). The highest BCUT2D eigenvalue weighted by Crippen LogP contribution is 1.98. The summed E-state index contributed by atoms with van der Waals surface area (Å²) in [6.07, 6.45) is 0. The molecule has 0 aromatic carbocycles. The van der Waals surface area contributed by atoms with Crippen molar-refractivity contribution in [3.05, 3.63) is 0 Å². The van der Waals surface area contributed by atoms with Crippen molar-refractivity contribution < 1.29 is 12.3 Å². The maximum Gasteiger partial charge on any atom is 0.356 e. The average Bonchev–Trinajstić information content (AvgIpc) is 0.722. The van der Waals surface area contributed by atoms with Crippen molar-refractivity contribution in [3.8, 4) is 0 Å². The van der Waals surface area contributed by atoms with E-state index in [1.807, 2.05) is 0 Å². The van der Waals surface area contributed by atoms with E-state index in [2.05, 4.69) is 0 Å². The van der Waals surface area contributed by atoms with E-state index in [0.29, 0.717) is 21.2 Å². The topological polar surface area (TPSA) is 34.1 Å². The van der Waals surface area contributed by atoms with Gasteiger partial charge in [0.2, 0.25) is 0 Å². The van der Waals surface area contributed by atoms with Crippen LogP contribution in [-0.2, 0) is 7.39 Å². The van der Waals surface area contributed by atoms with Crippen LogP contribution >= 0.6 is 21.2 Å². The van der Waals surface area contributed by atoms with Crippen LogP contribution in [0.15, 0.2) is 0 Å². The van der Waals surface area contributed by atoms with Gasteiger partial charge >= 0.3 is 7.39 Å². The number of hydrogen-bond acceptors (Lipinski definition) is 2. The first kappa shape index (κ1) is 5.61. The van der Waals surface area contributed by atoms with Gasteiger partial charge in [0.25, 0.3) is 0 Å². The Morgan fingerprint density at radius 3 is 1.60 bits per heavy atom. The quantitative estimate of drug-likeness (QED) is 0.434. The molecule has 0 fully saturated rings. The van der Waals surface area contributed by atoms with Crippen LogP contribution in [0.25, 0.3) is 0 Å². The molecule has 0 spiro atoms. The minimum absolute atomic E-state index is 0.683. The fourth-order valence-electron chi connectivity index (χ4n) is 0. The summed E-state index contributed by atoms with van der Waals surface area (Å²) in [4.78, 5) is 0. The van der Waals surface area contributed by atoms with E-state index >= 15 is 0 Å². The lowest BCUT2D eigenvalue weighted by molar-refractivity contribution is 0.573. The Morgan fingerprint density at radius 2 is 1.60 bits per heavy atom. The molecule has 0 unspecified atom stereocenters. The van der Waals surface area contributed by atoms with Crippen LogP contribution in [0.2, 0.25) is 0 Å². The molecule has 0 aromatic heterocycles. The van der Waals surface area contributed by atoms with Gasteiger partial charge in [-0.25, -0.2) is 0 Å². The Morgan fingerprint density at radius 1 is 1.60 bits per heavy atom. The Labute approximate surface area is 41.2 Å². The molecule has 0 saturated heterocycles. The fraction of sp³-hybridized carbons (Fsp3) is 0. The second kappa shape index (κ2) is 1.38. The number of rotatable bonds is 0. The van der Waals surface area contributed by atoms with Crippen LogP contribution in [0.3, 0.4) is 0 Å². The summed E-state index contributed by atoms with van der Waals surface area (Å²) in [7, 11) is -4.20. The number of hydrogen-bond donors (Lipinski definition) is 0. The summed E-state index contributed by atoms with van der Waals surface area (Å²) >= 11 is 0.683. The highest BCUT2D eigenvalue weighted by atomic mass is 127. The first-order valence-electron chi connectivity index (χ1n) is 0.642. The molecule has 0 heterocycles. The molecule has 0 N–H and O–H groups in total. The molecule has 0 bridgehead atoms. The van der Waals surface area contributed by atoms with Gasteiger partial charge in [-0.1, -0.05) is 3.89 Å². The van der Waals surface area contributed by atoms with Gasteiger partial charge in [-0.3, -0.25) is 0 Å². The van der Waals surface area contributed by atoms with Crippen LogP contribution in [0.5, 0.6) is 0 Å². The lowest BCUT2D eigenvalue weighted by Gasteiger charge is -1.60. The lowest BCUT2D eigenvalue weighted by atomic mass is 15.9. The maximum atomic E-state index is 10.6. The normalized spacial score (nSPS) is 11.6. The van der Waals surface area contributed by atoms with Gasteiger partial charge in [0.1, 0.15) is 21.2 Å². The molecule has 0 amide bonds. The molecule has 0 aliphatic carbocycles. The second-order valence-electron chi connectivity index (χ2n) is 0.378. The van der Waals surface area contributed by atoms with E-state index in [9.17, 15) is 3.89 Å². The van der Waals surface area contributed by atoms with Gasteiger partial charge in [-0.05, 0) is 0 Å². The highest BCUT2D eigenvalue weighted by molar-refractivity contribution is 14.2. The molecule has 0 atom stereocenters. The smallest absolute Gasteiger partial charge is 0.184 e. The summed E-state index contributed by atoms with van der Waals surface area (Å²) < 4.78 is 28.6. The SMILES string of the molecule is O=S(=O)(F)I. The van der Waals surface area contributed by atoms with E-state index in [-0.39, 0.29) is 0 Å². The van der Waals surface area contributed by atoms with Gasteiger partial charge in [0.05, 0.1) is 0 Å². The molecule has 0 aromatic rings. The highest BCUT2D eigenvalue weighted by Gasteiger charge is 1.90.